The fourth-order valence-corrected chi connectivity index (χ4v) is 2.56. The predicted octanol–water partition coefficient (Wildman–Crippen LogP) is 4.14. The van der Waals surface area contributed by atoms with Gasteiger partial charge in [-0.25, -0.2) is 0 Å². The van der Waals surface area contributed by atoms with Crippen molar-refractivity contribution < 1.29 is 14.9 Å². The van der Waals surface area contributed by atoms with Crippen molar-refractivity contribution in [2.24, 2.45) is 0 Å². The fraction of sp³-hybridized carbons (Fsp3) is 0.647. The van der Waals surface area contributed by atoms with Crippen molar-refractivity contribution in [3.8, 4) is 5.75 Å². The van der Waals surface area contributed by atoms with E-state index in [2.05, 4.69) is 6.92 Å². The van der Waals surface area contributed by atoms with Crippen molar-refractivity contribution in [1.29, 1.82) is 0 Å². The lowest BCUT2D eigenvalue weighted by Crippen LogP contribution is -2.27. The Kier molecular flexibility index (Phi) is 8.09. The second-order valence-electron chi connectivity index (χ2n) is 5.59. The standard InChI is InChI=1S/C17H27ClO3/c1-4-6-15(19)16(20)10-12(3)14-11-13(18)7-8-17(14)21-9-5-2/h7-8,11-12,15-16,19-20H,4-6,9-10H2,1-3H3. The molecule has 0 spiro atoms. The van der Waals surface area contributed by atoms with Crippen LogP contribution in [-0.4, -0.2) is 29.0 Å². The molecule has 120 valence electrons. The molecule has 0 bridgehead atoms. The van der Waals surface area contributed by atoms with Gasteiger partial charge < -0.3 is 14.9 Å². The quantitative estimate of drug-likeness (QED) is 0.720. The Bertz CT molecular complexity index is 422. The van der Waals surface area contributed by atoms with Crippen LogP contribution in [0, 0.1) is 0 Å². The van der Waals surface area contributed by atoms with E-state index < -0.39 is 12.2 Å². The molecule has 0 heterocycles. The van der Waals surface area contributed by atoms with E-state index in [1.54, 1.807) is 0 Å². The second-order valence-corrected chi connectivity index (χ2v) is 6.03. The summed E-state index contributed by atoms with van der Waals surface area (Å²) in [5.41, 5.74) is 0.985. The summed E-state index contributed by atoms with van der Waals surface area (Å²) < 4.78 is 5.75. The molecule has 0 amide bonds. The summed E-state index contributed by atoms with van der Waals surface area (Å²) >= 11 is 6.08. The highest BCUT2D eigenvalue weighted by atomic mass is 35.5. The number of hydrogen-bond donors (Lipinski definition) is 2. The third kappa shape index (κ3) is 5.85. The number of aliphatic hydroxyl groups excluding tert-OH is 2. The van der Waals surface area contributed by atoms with Crippen molar-refractivity contribution in [2.75, 3.05) is 6.61 Å². The first-order valence-electron chi connectivity index (χ1n) is 7.77. The Morgan fingerprint density at radius 3 is 2.48 bits per heavy atom. The van der Waals surface area contributed by atoms with Crippen LogP contribution in [0.4, 0.5) is 0 Å². The van der Waals surface area contributed by atoms with Crippen molar-refractivity contribution in [3.05, 3.63) is 28.8 Å². The van der Waals surface area contributed by atoms with E-state index in [0.717, 1.165) is 24.2 Å². The molecule has 4 heteroatoms. The Morgan fingerprint density at radius 2 is 1.86 bits per heavy atom. The highest BCUT2D eigenvalue weighted by Crippen LogP contribution is 2.33. The number of hydrogen-bond acceptors (Lipinski definition) is 3. The van der Waals surface area contributed by atoms with E-state index in [1.807, 2.05) is 32.0 Å². The van der Waals surface area contributed by atoms with Crippen LogP contribution in [0.2, 0.25) is 5.02 Å². The van der Waals surface area contributed by atoms with Gasteiger partial charge in [-0.3, -0.25) is 0 Å². The SMILES string of the molecule is CCCOc1ccc(Cl)cc1C(C)CC(O)C(O)CCC. The molecule has 0 aromatic heterocycles. The normalized spacial score (nSPS) is 15.5. The van der Waals surface area contributed by atoms with Gasteiger partial charge in [0.15, 0.2) is 0 Å². The first-order valence-corrected chi connectivity index (χ1v) is 8.15. The summed E-state index contributed by atoms with van der Waals surface area (Å²) in [6, 6.07) is 5.57. The summed E-state index contributed by atoms with van der Waals surface area (Å²) in [5, 5.41) is 20.6. The maximum atomic E-state index is 10.1. The highest BCUT2D eigenvalue weighted by Gasteiger charge is 2.21. The molecule has 0 saturated heterocycles. The monoisotopic (exact) mass is 314 g/mol. The van der Waals surface area contributed by atoms with Gasteiger partial charge in [-0.05, 0) is 48.9 Å². The zero-order chi connectivity index (χ0) is 15.8. The molecule has 3 nitrogen and oxygen atoms in total. The molecule has 3 unspecified atom stereocenters. The molecule has 2 N–H and O–H groups in total. The number of halogens is 1. The minimum absolute atomic E-state index is 0.0667. The minimum atomic E-state index is -0.724. The van der Waals surface area contributed by atoms with Crippen LogP contribution in [0.3, 0.4) is 0 Å². The average molecular weight is 315 g/mol. The number of aliphatic hydroxyl groups is 2. The summed E-state index contributed by atoms with van der Waals surface area (Å²) in [6.45, 7) is 6.73. The zero-order valence-corrected chi connectivity index (χ0v) is 13.9. The van der Waals surface area contributed by atoms with Crippen LogP contribution in [0.5, 0.6) is 5.75 Å². The van der Waals surface area contributed by atoms with E-state index in [4.69, 9.17) is 16.3 Å². The van der Waals surface area contributed by atoms with E-state index in [1.165, 1.54) is 0 Å². The lowest BCUT2D eigenvalue weighted by molar-refractivity contribution is 0.00626. The Balaban J connectivity index is 2.79. The molecule has 3 atom stereocenters. The predicted molar refractivity (Wildman–Crippen MR) is 87.2 cm³/mol. The molecule has 0 aliphatic heterocycles. The topological polar surface area (TPSA) is 49.7 Å². The molecular formula is C17H27ClO3. The van der Waals surface area contributed by atoms with Gasteiger partial charge in [0.2, 0.25) is 0 Å². The molecule has 0 fully saturated rings. The maximum absolute atomic E-state index is 10.1. The molecule has 1 rings (SSSR count). The van der Waals surface area contributed by atoms with Gasteiger partial charge in [-0.1, -0.05) is 38.8 Å². The van der Waals surface area contributed by atoms with Crippen molar-refractivity contribution in [3.63, 3.8) is 0 Å². The third-order valence-electron chi connectivity index (χ3n) is 3.59. The second kappa shape index (κ2) is 9.29. The van der Waals surface area contributed by atoms with E-state index in [9.17, 15) is 10.2 Å². The van der Waals surface area contributed by atoms with Gasteiger partial charge in [-0.15, -0.1) is 0 Å². The van der Waals surface area contributed by atoms with Crippen molar-refractivity contribution in [2.45, 2.75) is 64.6 Å². The lowest BCUT2D eigenvalue weighted by atomic mass is 9.91. The lowest BCUT2D eigenvalue weighted by Gasteiger charge is -2.23. The molecule has 0 radical (unpaired) electrons. The number of rotatable bonds is 9. The van der Waals surface area contributed by atoms with Crippen LogP contribution in [-0.2, 0) is 0 Å². The molecule has 0 aliphatic rings. The van der Waals surface area contributed by atoms with Crippen molar-refractivity contribution >= 4 is 11.6 Å². The van der Waals surface area contributed by atoms with Crippen LogP contribution >= 0.6 is 11.6 Å². The largest absolute Gasteiger partial charge is 0.493 e. The maximum Gasteiger partial charge on any atom is 0.122 e. The van der Waals surface area contributed by atoms with Gasteiger partial charge in [0.1, 0.15) is 5.75 Å². The molecular weight excluding hydrogens is 288 g/mol. The van der Waals surface area contributed by atoms with E-state index in [0.29, 0.717) is 24.5 Å². The fourth-order valence-electron chi connectivity index (χ4n) is 2.38. The van der Waals surface area contributed by atoms with Crippen LogP contribution < -0.4 is 4.74 Å². The Hall–Kier alpha value is -0.770. The highest BCUT2D eigenvalue weighted by molar-refractivity contribution is 6.30. The third-order valence-corrected chi connectivity index (χ3v) is 3.82. The molecule has 0 saturated carbocycles. The van der Waals surface area contributed by atoms with Gasteiger partial charge in [0.25, 0.3) is 0 Å². The van der Waals surface area contributed by atoms with E-state index in [-0.39, 0.29) is 5.92 Å². The summed E-state index contributed by atoms with van der Waals surface area (Å²) in [5.74, 6) is 0.878. The molecule has 0 aliphatic carbocycles. The van der Waals surface area contributed by atoms with Crippen LogP contribution in [0.15, 0.2) is 18.2 Å². The molecule has 21 heavy (non-hydrogen) atoms. The summed E-state index contributed by atoms with van der Waals surface area (Å²) in [7, 11) is 0. The van der Waals surface area contributed by atoms with Crippen LogP contribution in [0.1, 0.15) is 57.9 Å². The molecule has 1 aromatic rings. The van der Waals surface area contributed by atoms with Gasteiger partial charge in [-0.2, -0.15) is 0 Å². The first-order chi connectivity index (χ1) is 9.99. The smallest absolute Gasteiger partial charge is 0.122 e. The van der Waals surface area contributed by atoms with Gasteiger partial charge in [0, 0.05) is 5.02 Å². The van der Waals surface area contributed by atoms with Gasteiger partial charge >= 0.3 is 0 Å². The van der Waals surface area contributed by atoms with Crippen LogP contribution in [0.25, 0.3) is 0 Å². The van der Waals surface area contributed by atoms with Gasteiger partial charge in [0.05, 0.1) is 18.8 Å². The first kappa shape index (κ1) is 18.3. The van der Waals surface area contributed by atoms with E-state index >= 15 is 0 Å². The number of ether oxygens (including phenoxy) is 1. The minimum Gasteiger partial charge on any atom is -0.493 e. The number of benzene rings is 1. The zero-order valence-electron chi connectivity index (χ0n) is 13.2. The molecule has 1 aromatic carbocycles. The summed E-state index contributed by atoms with van der Waals surface area (Å²) in [6.07, 6.45) is 1.50. The summed E-state index contributed by atoms with van der Waals surface area (Å²) in [4.78, 5) is 0. The Morgan fingerprint density at radius 1 is 1.14 bits per heavy atom. The average Bonchev–Trinajstić information content (AvgIpc) is 2.46. The van der Waals surface area contributed by atoms with Crippen molar-refractivity contribution in [1.82, 2.24) is 0 Å². The Labute approximate surface area is 132 Å².